The highest BCUT2D eigenvalue weighted by molar-refractivity contribution is 6.09. The molecule has 34 heavy (non-hydrogen) atoms. The van der Waals surface area contributed by atoms with Gasteiger partial charge in [-0.1, -0.05) is 24.3 Å². The minimum atomic E-state index is -0.634. The summed E-state index contributed by atoms with van der Waals surface area (Å²) in [6.07, 6.45) is 6.68. The highest BCUT2D eigenvalue weighted by Gasteiger charge is 2.35. The molecule has 1 aliphatic carbocycles. The normalized spacial score (nSPS) is 25.9. The third-order valence-corrected chi connectivity index (χ3v) is 7.44. The Morgan fingerprint density at radius 2 is 1.88 bits per heavy atom. The van der Waals surface area contributed by atoms with Gasteiger partial charge in [0.05, 0.1) is 11.8 Å². The summed E-state index contributed by atoms with van der Waals surface area (Å²) in [7, 11) is 0. The quantitative estimate of drug-likeness (QED) is 0.716. The van der Waals surface area contributed by atoms with E-state index in [-0.39, 0.29) is 12.0 Å². The van der Waals surface area contributed by atoms with E-state index in [1.165, 1.54) is 11.9 Å². The monoisotopic (exact) mass is 463 g/mol. The fourth-order valence-electron chi connectivity index (χ4n) is 5.46. The molecule has 2 fully saturated rings. The van der Waals surface area contributed by atoms with Crippen LogP contribution < -0.4 is 10.5 Å². The van der Waals surface area contributed by atoms with Gasteiger partial charge in [-0.15, -0.1) is 0 Å². The number of likely N-dealkylation sites (tertiary alicyclic amines) is 1. The number of carbonyl (C=O) groups excluding carboxylic acids is 1. The molecule has 1 saturated carbocycles. The minimum absolute atomic E-state index is 0.204. The van der Waals surface area contributed by atoms with E-state index in [4.69, 9.17) is 15.5 Å². The van der Waals surface area contributed by atoms with Crippen molar-refractivity contribution in [1.29, 1.82) is 0 Å². The molecule has 2 aliphatic heterocycles. The molecule has 1 saturated heterocycles. The Bertz CT molecular complexity index is 1090. The fraction of sp³-hybridized carbons (Fsp3) is 0.538. The average molecular weight is 464 g/mol. The summed E-state index contributed by atoms with van der Waals surface area (Å²) in [6.45, 7) is 5.15. The van der Waals surface area contributed by atoms with E-state index in [2.05, 4.69) is 34.2 Å². The summed E-state index contributed by atoms with van der Waals surface area (Å²) in [6, 6.07) is 8.60. The number of nitrogens with zero attached hydrogens (tertiary/aromatic N) is 4. The Hall–Kier alpha value is -3.00. The maximum Gasteiger partial charge on any atom is 0.246 e. The van der Waals surface area contributed by atoms with Crippen LogP contribution in [-0.2, 0) is 4.79 Å². The van der Waals surface area contributed by atoms with E-state index in [0.29, 0.717) is 55.2 Å². The molecule has 5 rings (SSSR count). The number of nitrogen functional groups attached to an aromatic ring is 1. The Morgan fingerprint density at radius 1 is 1.15 bits per heavy atom. The minimum Gasteiger partial charge on any atom is -0.463 e. The van der Waals surface area contributed by atoms with Gasteiger partial charge >= 0.3 is 0 Å². The Morgan fingerprint density at radius 3 is 2.56 bits per heavy atom. The number of ether oxygens (including phenoxy) is 1. The fourth-order valence-corrected chi connectivity index (χ4v) is 5.46. The summed E-state index contributed by atoms with van der Waals surface area (Å²) in [5.41, 5.74) is 8.98. The van der Waals surface area contributed by atoms with E-state index in [1.54, 1.807) is 0 Å². The molecule has 3 heterocycles. The number of hydrogen-bond acceptors (Lipinski definition) is 7. The van der Waals surface area contributed by atoms with Gasteiger partial charge in [-0.25, -0.2) is 9.98 Å². The standard InChI is InChI=1S/C26H33N5O3/c1-26(2)23(30-22-24(27)28-15-29-25(22)34-26)19-9-7-18(8-10-19)17-5-3-16(4-6-17)13-21(33)31-12-11-20(32)14-31/h7-10,15-17,20,32H,3-6,11-14H2,1-2H3,(H2,27,28,29)/t16?,17?,20-/m1/s1. The molecule has 8 heteroatoms. The van der Waals surface area contributed by atoms with Crippen molar-refractivity contribution in [2.24, 2.45) is 10.9 Å². The van der Waals surface area contributed by atoms with Crippen molar-refractivity contribution >= 4 is 23.1 Å². The number of fused-ring (bicyclic) bond motifs is 1. The van der Waals surface area contributed by atoms with Gasteiger partial charge in [-0.05, 0) is 63.4 Å². The molecular weight excluding hydrogens is 430 g/mol. The topological polar surface area (TPSA) is 114 Å². The predicted molar refractivity (Wildman–Crippen MR) is 130 cm³/mol. The molecule has 3 N–H and O–H groups in total. The van der Waals surface area contributed by atoms with Gasteiger partial charge in [0.25, 0.3) is 0 Å². The van der Waals surface area contributed by atoms with Crippen LogP contribution >= 0.6 is 0 Å². The number of aliphatic hydroxyl groups is 1. The van der Waals surface area contributed by atoms with Crippen LogP contribution in [0.4, 0.5) is 11.5 Å². The summed E-state index contributed by atoms with van der Waals surface area (Å²) in [5.74, 6) is 1.88. The van der Waals surface area contributed by atoms with Crippen molar-refractivity contribution < 1.29 is 14.6 Å². The van der Waals surface area contributed by atoms with Gasteiger partial charge < -0.3 is 20.5 Å². The molecule has 8 nitrogen and oxygen atoms in total. The van der Waals surface area contributed by atoms with E-state index in [0.717, 1.165) is 37.0 Å². The third-order valence-electron chi connectivity index (χ3n) is 7.44. The van der Waals surface area contributed by atoms with Crippen molar-refractivity contribution in [2.75, 3.05) is 18.8 Å². The first-order chi connectivity index (χ1) is 16.3. The molecule has 0 spiro atoms. The Kier molecular flexibility index (Phi) is 6.02. The van der Waals surface area contributed by atoms with E-state index >= 15 is 0 Å². The lowest BCUT2D eigenvalue weighted by Gasteiger charge is -2.32. The second-order valence-corrected chi connectivity index (χ2v) is 10.3. The van der Waals surface area contributed by atoms with Gasteiger partial charge in [0.15, 0.2) is 11.5 Å². The number of β-amino-alcohol motifs (C(OH)–C–C–N with tert-alkyl or cyclic N) is 1. The Labute approximate surface area is 200 Å². The number of carbonyl (C=O) groups is 1. The molecule has 1 aromatic heterocycles. The first kappa shape index (κ1) is 22.8. The second kappa shape index (κ2) is 8.98. The molecule has 0 bridgehead atoms. The number of nitrogens with two attached hydrogens (primary N) is 1. The zero-order valence-electron chi connectivity index (χ0n) is 19.9. The van der Waals surface area contributed by atoms with E-state index in [1.807, 2.05) is 18.7 Å². The number of rotatable bonds is 4. The molecule has 180 valence electrons. The molecule has 1 amide bonds. The molecular formula is C26H33N5O3. The molecule has 1 aromatic carbocycles. The van der Waals surface area contributed by atoms with Crippen LogP contribution in [0.1, 0.15) is 69.4 Å². The number of aliphatic imine (C=N–C) groups is 1. The van der Waals surface area contributed by atoms with Gasteiger partial charge in [0.1, 0.15) is 11.9 Å². The van der Waals surface area contributed by atoms with Gasteiger partial charge in [0, 0.05) is 25.1 Å². The lowest BCUT2D eigenvalue weighted by Crippen LogP contribution is -2.41. The summed E-state index contributed by atoms with van der Waals surface area (Å²) < 4.78 is 6.09. The molecule has 2 aromatic rings. The highest BCUT2D eigenvalue weighted by atomic mass is 16.5. The smallest absolute Gasteiger partial charge is 0.246 e. The van der Waals surface area contributed by atoms with E-state index in [9.17, 15) is 9.90 Å². The molecule has 3 aliphatic rings. The maximum atomic E-state index is 12.5. The van der Waals surface area contributed by atoms with Crippen molar-refractivity contribution in [2.45, 2.75) is 70.0 Å². The Balaban J connectivity index is 1.23. The lowest BCUT2D eigenvalue weighted by atomic mass is 9.77. The first-order valence-corrected chi connectivity index (χ1v) is 12.2. The number of aliphatic hydroxyl groups excluding tert-OH is 1. The van der Waals surface area contributed by atoms with E-state index < -0.39 is 5.60 Å². The third kappa shape index (κ3) is 4.51. The van der Waals surface area contributed by atoms with Crippen molar-refractivity contribution in [1.82, 2.24) is 14.9 Å². The molecule has 0 radical (unpaired) electrons. The first-order valence-electron chi connectivity index (χ1n) is 12.2. The van der Waals surface area contributed by atoms with Crippen LogP contribution in [0, 0.1) is 5.92 Å². The van der Waals surface area contributed by atoms with Crippen LogP contribution in [-0.4, -0.2) is 56.4 Å². The predicted octanol–water partition coefficient (Wildman–Crippen LogP) is 3.61. The number of benzene rings is 1. The number of amides is 1. The molecule has 0 unspecified atom stereocenters. The number of hydrogen-bond donors (Lipinski definition) is 2. The number of anilines is 1. The SMILES string of the molecule is CC1(C)Oc2ncnc(N)c2N=C1c1ccc(C2CCC(CC(=O)N3CC[C@@H](O)C3)CC2)cc1. The van der Waals surface area contributed by atoms with Crippen LogP contribution in [0.15, 0.2) is 35.6 Å². The second-order valence-electron chi connectivity index (χ2n) is 10.3. The van der Waals surface area contributed by atoms with Crippen molar-refractivity contribution in [3.05, 3.63) is 41.7 Å². The summed E-state index contributed by atoms with van der Waals surface area (Å²) in [5, 5.41) is 9.68. The van der Waals surface area contributed by atoms with Crippen LogP contribution in [0.25, 0.3) is 0 Å². The zero-order chi connectivity index (χ0) is 23.9. The lowest BCUT2D eigenvalue weighted by molar-refractivity contribution is -0.131. The number of aromatic nitrogens is 2. The van der Waals surface area contributed by atoms with Crippen LogP contribution in [0.3, 0.4) is 0 Å². The maximum absolute atomic E-state index is 12.5. The summed E-state index contributed by atoms with van der Waals surface area (Å²) >= 11 is 0. The van der Waals surface area contributed by atoms with Crippen LogP contribution in [0.5, 0.6) is 5.88 Å². The highest BCUT2D eigenvalue weighted by Crippen LogP contribution is 2.40. The van der Waals surface area contributed by atoms with Crippen molar-refractivity contribution in [3.63, 3.8) is 0 Å². The van der Waals surface area contributed by atoms with Gasteiger partial charge in [0.2, 0.25) is 11.8 Å². The summed E-state index contributed by atoms with van der Waals surface area (Å²) in [4.78, 5) is 27.3. The average Bonchev–Trinajstić information content (AvgIpc) is 3.25. The zero-order valence-corrected chi connectivity index (χ0v) is 19.9. The van der Waals surface area contributed by atoms with Crippen LogP contribution in [0.2, 0.25) is 0 Å². The largest absolute Gasteiger partial charge is 0.463 e. The molecule has 1 atom stereocenters. The van der Waals surface area contributed by atoms with Gasteiger partial charge in [-0.2, -0.15) is 4.98 Å². The van der Waals surface area contributed by atoms with Gasteiger partial charge in [-0.3, -0.25) is 4.79 Å². The van der Waals surface area contributed by atoms with Crippen molar-refractivity contribution in [3.8, 4) is 5.88 Å².